The molecule has 1 aromatic heterocycles. The summed E-state index contributed by atoms with van der Waals surface area (Å²) in [5.41, 5.74) is 0. The molecule has 0 amide bonds. The van der Waals surface area contributed by atoms with Crippen LogP contribution in [-0.2, 0) is 0 Å². The highest BCUT2D eigenvalue weighted by atomic mass is 19.1. The fourth-order valence-electron chi connectivity index (χ4n) is 1.77. The van der Waals surface area contributed by atoms with Gasteiger partial charge in [0, 0.05) is 19.2 Å². The molecule has 0 atom stereocenters. The van der Waals surface area contributed by atoms with Crippen molar-refractivity contribution in [2.75, 3.05) is 23.7 Å². The molecule has 2 N–H and O–H groups in total. The molecule has 0 fully saturated rings. The van der Waals surface area contributed by atoms with Gasteiger partial charge in [-0.15, -0.1) is 0 Å². The van der Waals surface area contributed by atoms with Gasteiger partial charge in [-0.25, -0.2) is 13.8 Å². The molecule has 0 saturated heterocycles. The van der Waals surface area contributed by atoms with Crippen LogP contribution in [0.15, 0.2) is 6.07 Å². The van der Waals surface area contributed by atoms with E-state index < -0.39 is 11.6 Å². The minimum Gasteiger partial charge on any atom is -0.368 e. The average molecular weight is 271 g/mol. The molecule has 3 nitrogen and oxygen atoms in total. The van der Waals surface area contributed by atoms with Crippen LogP contribution in [0.5, 0.6) is 0 Å². The van der Waals surface area contributed by atoms with E-state index in [9.17, 15) is 8.78 Å². The van der Waals surface area contributed by atoms with E-state index >= 15 is 0 Å². The van der Waals surface area contributed by atoms with Gasteiger partial charge in [0.15, 0.2) is 23.3 Å². The maximum absolute atomic E-state index is 13.5. The van der Waals surface area contributed by atoms with Gasteiger partial charge in [0.1, 0.15) is 0 Å². The zero-order chi connectivity index (χ0) is 14.3. The van der Waals surface area contributed by atoms with Crippen molar-refractivity contribution < 1.29 is 8.78 Å². The molecular weight excluding hydrogens is 248 g/mol. The van der Waals surface area contributed by atoms with E-state index in [1.54, 1.807) is 0 Å². The van der Waals surface area contributed by atoms with Crippen LogP contribution in [0.2, 0.25) is 0 Å². The third kappa shape index (κ3) is 5.41. The number of aromatic nitrogens is 1. The van der Waals surface area contributed by atoms with Crippen molar-refractivity contribution in [3.05, 3.63) is 17.7 Å². The predicted octanol–water partition coefficient (Wildman–Crippen LogP) is 4.03. The summed E-state index contributed by atoms with van der Waals surface area (Å²) in [5.74, 6) is -0.427. The molecule has 108 valence electrons. The van der Waals surface area contributed by atoms with E-state index in [-0.39, 0.29) is 11.6 Å². The molecule has 19 heavy (non-hydrogen) atoms. The largest absolute Gasteiger partial charge is 0.368 e. The highest BCUT2D eigenvalue weighted by molar-refractivity contribution is 5.47. The molecule has 0 aliphatic rings. The topological polar surface area (TPSA) is 37.0 Å². The lowest BCUT2D eigenvalue weighted by Crippen LogP contribution is -2.10. The highest BCUT2D eigenvalue weighted by Crippen LogP contribution is 2.19. The van der Waals surface area contributed by atoms with Crippen molar-refractivity contribution in [1.82, 2.24) is 4.98 Å². The van der Waals surface area contributed by atoms with Gasteiger partial charge in [0.2, 0.25) is 0 Å². The summed E-state index contributed by atoms with van der Waals surface area (Å²) in [7, 11) is 0. The highest BCUT2D eigenvalue weighted by Gasteiger charge is 2.10. The number of unbranched alkanes of at least 4 members (excludes halogenated alkanes) is 1. The minimum absolute atomic E-state index is 0.0913. The molecule has 1 rings (SSSR count). The van der Waals surface area contributed by atoms with Gasteiger partial charge in [-0.1, -0.05) is 26.7 Å². The summed E-state index contributed by atoms with van der Waals surface area (Å²) >= 11 is 0. The number of hydrogen-bond acceptors (Lipinski definition) is 3. The Hall–Kier alpha value is -1.39. The smallest absolute Gasteiger partial charge is 0.168 e. The second kappa shape index (κ2) is 7.92. The first kappa shape index (κ1) is 15.7. The number of hydrogen-bond donors (Lipinski definition) is 2. The number of rotatable bonds is 8. The Morgan fingerprint density at radius 2 is 1.74 bits per heavy atom. The van der Waals surface area contributed by atoms with Gasteiger partial charge in [-0.3, -0.25) is 0 Å². The summed E-state index contributed by atoms with van der Waals surface area (Å²) < 4.78 is 26.9. The predicted molar refractivity (Wildman–Crippen MR) is 75.5 cm³/mol. The van der Waals surface area contributed by atoms with E-state index in [4.69, 9.17) is 0 Å². The first-order valence-corrected chi connectivity index (χ1v) is 6.88. The van der Waals surface area contributed by atoms with Crippen LogP contribution >= 0.6 is 0 Å². The monoisotopic (exact) mass is 271 g/mol. The lowest BCUT2D eigenvalue weighted by molar-refractivity contribution is 0.543. The molecule has 0 aliphatic heterocycles. The summed E-state index contributed by atoms with van der Waals surface area (Å²) in [6.07, 6.45) is 3.20. The third-order valence-corrected chi connectivity index (χ3v) is 2.77. The first-order chi connectivity index (χ1) is 9.04. The van der Waals surface area contributed by atoms with Crippen LogP contribution < -0.4 is 10.6 Å². The van der Waals surface area contributed by atoms with Crippen LogP contribution in [0, 0.1) is 17.6 Å². The Balaban J connectivity index is 2.50. The zero-order valence-corrected chi connectivity index (χ0v) is 11.9. The minimum atomic E-state index is -0.662. The summed E-state index contributed by atoms with van der Waals surface area (Å²) in [6, 6.07) is 0.863. The number of halogens is 2. The van der Waals surface area contributed by atoms with Crippen molar-refractivity contribution in [2.24, 2.45) is 5.92 Å². The van der Waals surface area contributed by atoms with E-state index in [1.807, 2.05) is 6.92 Å². The van der Waals surface area contributed by atoms with Gasteiger partial charge in [-0.2, -0.15) is 0 Å². The fourth-order valence-corrected chi connectivity index (χ4v) is 1.77. The lowest BCUT2D eigenvalue weighted by Gasteiger charge is -2.10. The van der Waals surface area contributed by atoms with Gasteiger partial charge >= 0.3 is 0 Å². The van der Waals surface area contributed by atoms with E-state index in [0.717, 1.165) is 25.3 Å². The van der Waals surface area contributed by atoms with E-state index in [2.05, 4.69) is 29.5 Å². The quantitative estimate of drug-likeness (QED) is 0.701. The average Bonchev–Trinajstić information content (AvgIpc) is 2.33. The molecule has 0 bridgehead atoms. The van der Waals surface area contributed by atoms with Gasteiger partial charge in [-0.05, 0) is 19.3 Å². The standard InChI is InChI=1S/C14H23F2N3/c1-4-17-13-11(15)9-12(16)14(19-13)18-8-6-5-7-10(2)3/h9-10H,4-8H2,1-3H3,(H2,17,18,19). The molecule has 1 aromatic rings. The second-order valence-corrected chi connectivity index (χ2v) is 5.00. The summed E-state index contributed by atoms with van der Waals surface area (Å²) in [6.45, 7) is 7.38. The van der Waals surface area contributed by atoms with Crippen molar-refractivity contribution in [3.8, 4) is 0 Å². The maximum atomic E-state index is 13.5. The molecule has 0 aliphatic carbocycles. The molecule has 5 heteroatoms. The SMILES string of the molecule is CCNc1nc(NCCCCC(C)C)c(F)cc1F. The van der Waals surface area contributed by atoms with Crippen molar-refractivity contribution in [1.29, 1.82) is 0 Å². The molecule has 1 heterocycles. The van der Waals surface area contributed by atoms with E-state index in [0.29, 0.717) is 19.0 Å². The Morgan fingerprint density at radius 3 is 2.32 bits per heavy atom. The molecule has 0 aromatic carbocycles. The van der Waals surface area contributed by atoms with Crippen LogP contribution in [0.1, 0.15) is 40.0 Å². The van der Waals surface area contributed by atoms with Crippen LogP contribution in [0.25, 0.3) is 0 Å². The fraction of sp³-hybridized carbons (Fsp3) is 0.643. The normalized spacial score (nSPS) is 10.8. The van der Waals surface area contributed by atoms with Crippen molar-refractivity contribution in [3.63, 3.8) is 0 Å². The summed E-state index contributed by atoms with van der Waals surface area (Å²) in [4.78, 5) is 3.92. The molecule has 0 unspecified atom stereocenters. The number of nitrogens with zero attached hydrogens (tertiary/aromatic N) is 1. The van der Waals surface area contributed by atoms with Crippen molar-refractivity contribution >= 4 is 11.6 Å². The van der Waals surface area contributed by atoms with Crippen LogP contribution in [0.4, 0.5) is 20.4 Å². The van der Waals surface area contributed by atoms with Gasteiger partial charge in [0.05, 0.1) is 0 Å². The Morgan fingerprint density at radius 1 is 1.11 bits per heavy atom. The second-order valence-electron chi connectivity index (χ2n) is 5.00. The maximum Gasteiger partial charge on any atom is 0.168 e. The molecular formula is C14H23F2N3. The number of pyridine rings is 1. The van der Waals surface area contributed by atoms with Crippen LogP contribution in [0.3, 0.4) is 0 Å². The molecule has 0 spiro atoms. The van der Waals surface area contributed by atoms with Gasteiger partial charge < -0.3 is 10.6 Å². The molecule has 0 saturated carbocycles. The first-order valence-electron chi connectivity index (χ1n) is 6.88. The van der Waals surface area contributed by atoms with Crippen molar-refractivity contribution in [2.45, 2.75) is 40.0 Å². The number of nitrogens with one attached hydrogen (secondary N) is 2. The van der Waals surface area contributed by atoms with Gasteiger partial charge in [0.25, 0.3) is 0 Å². The third-order valence-electron chi connectivity index (χ3n) is 2.77. The Bertz CT molecular complexity index is 395. The van der Waals surface area contributed by atoms with Crippen LogP contribution in [-0.4, -0.2) is 18.1 Å². The summed E-state index contributed by atoms with van der Waals surface area (Å²) in [5, 5.41) is 5.69. The zero-order valence-electron chi connectivity index (χ0n) is 11.9. The Kier molecular flexibility index (Phi) is 6.53. The Labute approximate surface area is 113 Å². The lowest BCUT2D eigenvalue weighted by atomic mass is 10.1. The number of anilines is 2. The van der Waals surface area contributed by atoms with E-state index in [1.165, 1.54) is 0 Å². The molecule has 0 radical (unpaired) electrons.